The second-order valence-corrected chi connectivity index (χ2v) is 3.85. The van der Waals surface area contributed by atoms with E-state index in [0.29, 0.717) is 6.10 Å². The molecule has 4 atom stereocenters. The van der Waals surface area contributed by atoms with Gasteiger partial charge in [0.25, 0.3) is 0 Å². The molecule has 0 aliphatic carbocycles. The van der Waals surface area contributed by atoms with Crippen LogP contribution in [-0.4, -0.2) is 31.0 Å². The summed E-state index contributed by atoms with van der Waals surface area (Å²) in [7, 11) is 0. The second kappa shape index (κ2) is 3.32. The molecule has 2 aliphatic heterocycles. The van der Waals surface area contributed by atoms with Gasteiger partial charge in [-0.3, -0.25) is 0 Å². The van der Waals surface area contributed by atoms with E-state index in [2.05, 4.69) is 6.92 Å². The summed E-state index contributed by atoms with van der Waals surface area (Å²) in [6.07, 6.45) is 4.06. The molecule has 0 bridgehead atoms. The molecule has 2 fully saturated rings. The molecular weight excluding hydrogens is 154 g/mol. The first-order chi connectivity index (χ1) is 5.77. The van der Waals surface area contributed by atoms with Crippen LogP contribution in [0, 0.1) is 0 Å². The van der Waals surface area contributed by atoms with Crippen molar-refractivity contribution in [2.24, 2.45) is 5.73 Å². The minimum Gasteiger partial charge on any atom is -0.374 e. The number of hydrogen-bond acceptors (Lipinski definition) is 3. The average molecular weight is 171 g/mol. The standard InChI is InChI=1S/C9H17NO2/c1-6-2-3-8(12-6)9-7(10)4-5-11-9/h6-9H,2-5,10H2,1H3. The largest absolute Gasteiger partial charge is 0.374 e. The Morgan fingerprint density at radius 1 is 1.25 bits per heavy atom. The van der Waals surface area contributed by atoms with Crippen molar-refractivity contribution < 1.29 is 9.47 Å². The molecule has 2 heterocycles. The van der Waals surface area contributed by atoms with Crippen LogP contribution in [0.3, 0.4) is 0 Å². The molecule has 0 aromatic carbocycles. The summed E-state index contributed by atoms with van der Waals surface area (Å²) in [5, 5.41) is 0. The van der Waals surface area contributed by atoms with E-state index in [-0.39, 0.29) is 18.2 Å². The number of hydrogen-bond donors (Lipinski definition) is 1. The first kappa shape index (κ1) is 8.48. The van der Waals surface area contributed by atoms with Crippen LogP contribution in [-0.2, 0) is 9.47 Å². The maximum absolute atomic E-state index is 5.90. The SMILES string of the molecule is CC1CCC(C2OCCC2N)O1. The molecule has 0 amide bonds. The predicted molar refractivity (Wildman–Crippen MR) is 45.9 cm³/mol. The Labute approximate surface area is 73.2 Å². The van der Waals surface area contributed by atoms with Gasteiger partial charge in [-0.25, -0.2) is 0 Å². The van der Waals surface area contributed by atoms with Crippen LogP contribution in [0.4, 0.5) is 0 Å². The van der Waals surface area contributed by atoms with E-state index in [1.165, 1.54) is 0 Å². The minimum atomic E-state index is 0.162. The first-order valence-electron chi connectivity index (χ1n) is 4.80. The molecule has 4 unspecified atom stereocenters. The smallest absolute Gasteiger partial charge is 0.0987 e. The van der Waals surface area contributed by atoms with Crippen LogP contribution in [0.2, 0.25) is 0 Å². The van der Waals surface area contributed by atoms with Crippen LogP contribution in [0.5, 0.6) is 0 Å². The lowest BCUT2D eigenvalue weighted by molar-refractivity contribution is -0.0440. The van der Waals surface area contributed by atoms with Crippen molar-refractivity contribution in [2.75, 3.05) is 6.61 Å². The van der Waals surface area contributed by atoms with Crippen molar-refractivity contribution in [1.29, 1.82) is 0 Å². The molecule has 0 radical (unpaired) electrons. The van der Waals surface area contributed by atoms with Crippen LogP contribution < -0.4 is 5.73 Å². The molecular formula is C9H17NO2. The third kappa shape index (κ3) is 1.49. The van der Waals surface area contributed by atoms with E-state index in [9.17, 15) is 0 Å². The van der Waals surface area contributed by atoms with Gasteiger partial charge in [0.05, 0.1) is 18.3 Å². The zero-order valence-corrected chi connectivity index (χ0v) is 7.53. The quantitative estimate of drug-likeness (QED) is 0.630. The monoisotopic (exact) mass is 171 g/mol. The highest BCUT2D eigenvalue weighted by Crippen LogP contribution is 2.27. The molecule has 0 saturated carbocycles. The fraction of sp³-hybridized carbons (Fsp3) is 1.00. The highest BCUT2D eigenvalue weighted by atomic mass is 16.6. The van der Waals surface area contributed by atoms with Crippen LogP contribution in [0.15, 0.2) is 0 Å². The van der Waals surface area contributed by atoms with Crippen molar-refractivity contribution in [3.8, 4) is 0 Å². The summed E-state index contributed by atoms with van der Waals surface area (Å²) < 4.78 is 11.3. The van der Waals surface area contributed by atoms with Gasteiger partial charge >= 0.3 is 0 Å². The van der Waals surface area contributed by atoms with E-state index in [4.69, 9.17) is 15.2 Å². The molecule has 2 aliphatic rings. The molecule has 12 heavy (non-hydrogen) atoms. The highest BCUT2D eigenvalue weighted by Gasteiger charge is 2.36. The van der Waals surface area contributed by atoms with E-state index >= 15 is 0 Å². The number of nitrogens with two attached hydrogens (primary N) is 1. The molecule has 0 spiro atoms. The van der Waals surface area contributed by atoms with Crippen molar-refractivity contribution >= 4 is 0 Å². The van der Waals surface area contributed by atoms with E-state index < -0.39 is 0 Å². The summed E-state index contributed by atoms with van der Waals surface area (Å²) in [4.78, 5) is 0. The van der Waals surface area contributed by atoms with E-state index in [1.54, 1.807) is 0 Å². The number of ether oxygens (including phenoxy) is 2. The highest BCUT2D eigenvalue weighted by molar-refractivity contribution is 4.88. The van der Waals surface area contributed by atoms with Crippen LogP contribution in [0.1, 0.15) is 26.2 Å². The molecule has 2 N–H and O–H groups in total. The average Bonchev–Trinajstić information content (AvgIpc) is 2.58. The maximum Gasteiger partial charge on any atom is 0.0987 e. The van der Waals surface area contributed by atoms with Gasteiger partial charge in [-0.2, -0.15) is 0 Å². The molecule has 2 saturated heterocycles. The van der Waals surface area contributed by atoms with Crippen LogP contribution in [0.25, 0.3) is 0 Å². The summed E-state index contributed by atoms with van der Waals surface area (Å²) in [6.45, 7) is 2.92. The third-order valence-electron chi connectivity index (χ3n) is 2.81. The predicted octanol–water partition coefficient (Wildman–Crippen LogP) is 0.670. The molecule has 2 rings (SSSR count). The lowest BCUT2D eigenvalue weighted by Crippen LogP contribution is -2.39. The summed E-state index contributed by atoms with van der Waals surface area (Å²) >= 11 is 0. The summed E-state index contributed by atoms with van der Waals surface area (Å²) in [5.41, 5.74) is 5.90. The fourth-order valence-corrected chi connectivity index (χ4v) is 2.09. The zero-order chi connectivity index (χ0) is 8.55. The van der Waals surface area contributed by atoms with Crippen molar-refractivity contribution in [3.05, 3.63) is 0 Å². The Balaban J connectivity index is 1.91. The maximum atomic E-state index is 5.90. The second-order valence-electron chi connectivity index (χ2n) is 3.85. The van der Waals surface area contributed by atoms with Gasteiger partial charge in [-0.15, -0.1) is 0 Å². The fourth-order valence-electron chi connectivity index (χ4n) is 2.09. The van der Waals surface area contributed by atoms with Crippen LogP contribution >= 0.6 is 0 Å². The van der Waals surface area contributed by atoms with Gasteiger partial charge in [0.15, 0.2) is 0 Å². The molecule has 0 aromatic heterocycles. The Bertz CT molecular complexity index is 163. The van der Waals surface area contributed by atoms with Gasteiger partial charge in [0.2, 0.25) is 0 Å². The molecule has 70 valence electrons. The Kier molecular flexibility index (Phi) is 2.35. The van der Waals surface area contributed by atoms with Crippen molar-refractivity contribution in [1.82, 2.24) is 0 Å². The lowest BCUT2D eigenvalue weighted by Gasteiger charge is -2.21. The van der Waals surface area contributed by atoms with Gasteiger partial charge in [-0.05, 0) is 26.2 Å². The van der Waals surface area contributed by atoms with Gasteiger partial charge in [0.1, 0.15) is 0 Å². The minimum absolute atomic E-state index is 0.162. The molecule has 0 aromatic rings. The summed E-state index contributed by atoms with van der Waals surface area (Å²) in [5.74, 6) is 0. The first-order valence-corrected chi connectivity index (χ1v) is 4.80. The zero-order valence-electron chi connectivity index (χ0n) is 7.53. The Morgan fingerprint density at radius 2 is 2.08 bits per heavy atom. The van der Waals surface area contributed by atoms with Gasteiger partial charge < -0.3 is 15.2 Å². The van der Waals surface area contributed by atoms with E-state index in [1.807, 2.05) is 0 Å². The molecule has 3 heteroatoms. The topological polar surface area (TPSA) is 44.5 Å². The Morgan fingerprint density at radius 3 is 2.58 bits per heavy atom. The molecule has 3 nitrogen and oxygen atoms in total. The number of rotatable bonds is 1. The van der Waals surface area contributed by atoms with E-state index in [0.717, 1.165) is 25.9 Å². The Hall–Kier alpha value is -0.120. The summed E-state index contributed by atoms with van der Waals surface area (Å²) in [6, 6.07) is 0.195. The third-order valence-corrected chi connectivity index (χ3v) is 2.81. The lowest BCUT2D eigenvalue weighted by atomic mass is 10.0. The van der Waals surface area contributed by atoms with Crippen molar-refractivity contribution in [2.45, 2.75) is 50.5 Å². The van der Waals surface area contributed by atoms with Gasteiger partial charge in [0, 0.05) is 12.6 Å². The van der Waals surface area contributed by atoms with Gasteiger partial charge in [-0.1, -0.05) is 0 Å². The van der Waals surface area contributed by atoms with Crippen molar-refractivity contribution in [3.63, 3.8) is 0 Å². The normalized spacial score (nSPS) is 48.5.